The highest BCUT2D eigenvalue weighted by molar-refractivity contribution is 6.33. The Kier molecular flexibility index (Phi) is 9.33. The molecule has 0 aliphatic carbocycles. The topological polar surface area (TPSA) is 128 Å². The van der Waals surface area contributed by atoms with Crippen molar-refractivity contribution in [2.24, 2.45) is 5.92 Å². The van der Waals surface area contributed by atoms with Crippen molar-refractivity contribution < 1.29 is 18.7 Å². The summed E-state index contributed by atoms with van der Waals surface area (Å²) in [5.41, 5.74) is 3.56. The lowest BCUT2D eigenvalue weighted by Gasteiger charge is -2.36. The number of nitrogens with one attached hydrogen (secondary N) is 2. The average Bonchev–Trinajstić information content (AvgIpc) is 3.51. The van der Waals surface area contributed by atoms with Gasteiger partial charge in [0.2, 0.25) is 5.91 Å². The van der Waals surface area contributed by atoms with E-state index in [-0.39, 0.29) is 29.2 Å². The molecule has 2 amide bonds. The summed E-state index contributed by atoms with van der Waals surface area (Å²) in [4.78, 5) is 38.9. The van der Waals surface area contributed by atoms with Gasteiger partial charge in [-0.05, 0) is 74.7 Å². The van der Waals surface area contributed by atoms with E-state index in [1.54, 1.807) is 41.2 Å². The molecule has 2 aromatic carbocycles. The summed E-state index contributed by atoms with van der Waals surface area (Å²) >= 11 is 6.35. The maximum absolute atomic E-state index is 14.9. The number of imidazole rings is 1. The Morgan fingerprint density at radius 2 is 1.89 bits per heavy atom. The first-order chi connectivity index (χ1) is 22.3. The van der Waals surface area contributed by atoms with Gasteiger partial charge < -0.3 is 25.2 Å². The van der Waals surface area contributed by atoms with E-state index in [9.17, 15) is 14.0 Å². The van der Waals surface area contributed by atoms with Gasteiger partial charge in [0.05, 0.1) is 16.9 Å². The molecule has 11 nitrogen and oxygen atoms in total. The van der Waals surface area contributed by atoms with Gasteiger partial charge in [0.25, 0.3) is 5.91 Å². The van der Waals surface area contributed by atoms with Crippen molar-refractivity contribution in [3.8, 4) is 23.1 Å². The molecule has 0 bridgehead atoms. The lowest BCUT2D eigenvalue weighted by Crippen LogP contribution is -2.51. The molecular formula is C33H34ClFN8O3. The molecule has 13 heteroatoms. The van der Waals surface area contributed by atoms with Crippen LogP contribution in [0, 0.1) is 30.0 Å². The summed E-state index contributed by atoms with van der Waals surface area (Å²) in [6.07, 6.45) is 7.53. The van der Waals surface area contributed by atoms with Gasteiger partial charge in [0.15, 0.2) is 29.6 Å². The van der Waals surface area contributed by atoms with E-state index in [1.165, 1.54) is 6.07 Å². The van der Waals surface area contributed by atoms with E-state index in [2.05, 4.69) is 20.6 Å². The lowest BCUT2D eigenvalue weighted by atomic mass is 9.94. The number of aryl methyl sites for hydroxylation is 1. The van der Waals surface area contributed by atoms with Crippen LogP contribution < -0.4 is 15.4 Å². The van der Waals surface area contributed by atoms with Crippen LogP contribution in [0.5, 0.6) is 5.75 Å². The number of carbonyl (C=O) groups is 2. The smallest absolute Gasteiger partial charge is 0.254 e. The number of fused-ring (bicyclic) bond motifs is 1. The SMILES string of the molecule is Cc1cc(Nc2nccn3c(-c4ccc(OCC#N)c(F)c4Cl)cnc23)ccc1C(=O)N1CCN(C(=O)CC2CCNCC2)CC1. The van der Waals surface area contributed by atoms with Gasteiger partial charge in [-0.2, -0.15) is 5.26 Å². The molecule has 4 aromatic rings. The number of aromatic nitrogens is 3. The molecule has 2 aliphatic heterocycles. The molecule has 6 rings (SSSR count). The molecule has 0 spiro atoms. The minimum Gasteiger partial charge on any atom is -0.476 e. The number of halogens is 2. The van der Waals surface area contributed by atoms with Crippen LogP contribution in [0.1, 0.15) is 35.2 Å². The summed E-state index contributed by atoms with van der Waals surface area (Å²) in [7, 11) is 0. The van der Waals surface area contributed by atoms with Crippen molar-refractivity contribution >= 4 is 40.6 Å². The van der Waals surface area contributed by atoms with Gasteiger partial charge in [-0.15, -0.1) is 0 Å². The van der Waals surface area contributed by atoms with E-state index in [4.69, 9.17) is 21.6 Å². The molecule has 2 fully saturated rings. The third kappa shape index (κ3) is 6.47. The first-order valence-corrected chi connectivity index (χ1v) is 15.7. The summed E-state index contributed by atoms with van der Waals surface area (Å²) < 4.78 is 21.7. The number of benzene rings is 2. The lowest BCUT2D eigenvalue weighted by molar-refractivity contribution is -0.133. The molecule has 2 N–H and O–H groups in total. The Morgan fingerprint density at radius 3 is 2.63 bits per heavy atom. The summed E-state index contributed by atoms with van der Waals surface area (Å²) in [6, 6.07) is 10.3. The van der Waals surface area contributed by atoms with Gasteiger partial charge in [-0.25, -0.2) is 14.4 Å². The van der Waals surface area contributed by atoms with Crippen molar-refractivity contribution in [2.75, 3.05) is 51.2 Å². The number of piperazine rings is 1. The van der Waals surface area contributed by atoms with Gasteiger partial charge in [-0.1, -0.05) is 11.6 Å². The molecule has 0 unspecified atom stereocenters. The fraction of sp³-hybridized carbons (Fsp3) is 0.364. The van der Waals surface area contributed by atoms with Crippen LogP contribution in [-0.4, -0.2) is 81.9 Å². The van der Waals surface area contributed by atoms with E-state index in [0.29, 0.717) is 66.8 Å². The number of nitrogens with zero attached hydrogens (tertiary/aromatic N) is 6. The van der Waals surface area contributed by atoms with E-state index in [1.807, 2.05) is 28.9 Å². The van der Waals surface area contributed by atoms with Crippen molar-refractivity contribution in [3.05, 3.63) is 70.9 Å². The predicted molar refractivity (Wildman–Crippen MR) is 172 cm³/mol. The maximum atomic E-state index is 14.9. The van der Waals surface area contributed by atoms with E-state index >= 15 is 0 Å². The number of anilines is 2. The van der Waals surface area contributed by atoms with Crippen molar-refractivity contribution in [2.45, 2.75) is 26.2 Å². The summed E-state index contributed by atoms with van der Waals surface area (Å²) in [6.45, 7) is 5.65. The number of hydrogen-bond donors (Lipinski definition) is 2. The van der Waals surface area contributed by atoms with Crippen molar-refractivity contribution in [3.63, 3.8) is 0 Å². The molecule has 2 saturated heterocycles. The monoisotopic (exact) mass is 644 g/mol. The van der Waals surface area contributed by atoms with Gasteiger partial charge in [-0.3, -0.25) is 14.0 Å². The number of ether oxygens (including phenoxy) is 1. The van der Waals surface area contributed by atoms with Gasteiger partial charge >= 0.3 is 0 Å². The third-order valence-electron chi connectivity index (χ3n) is 8.60. The zero-order chi connectivity index (χ0) is 32.2. The largest absolute Gasteiger partial charge is 0.476 e. The van der Waals surface area contributed by atoms with E-state index < -0.39 is 5.82 Å². The molecule has 0 radical (unpaired) electrons. The highest BCUT2D eigenvalue weighted by Crippen LogP contribution is 2.36. The Morgan fingerprint density at radius 1 is 1.13 bits per heavy atom. The number of hydrogen-bond acceptors (Lipinski definition) is 8. The second-order valence-electron chi connectivity index (χ2n) is 11.5. The minimum absolute atomic E-state index is 0.0548. The molecule has 2 aliphatic rings. The van der Waals surface area contributed by atoms with Crippen LogP contribution in [0.2, 0.25) is 5.02 Å². The van der Waals surface area contributed by atoms with Crippen LogP contribution >= 0.6 is 11.6 Å². The number of rotatable bonds is 8. The second-order valence-corrected chi connectivity index (χ2v) is 11.9. The van der Waals surface area contributed by atoms with Gasteiger partial charge in [0.1, 0.15) is 6.07 Å². The number of piperidine rings is 1. The van der Waals surface area contributed by atoms with Crippen LogP contribution in [-0.2, 0) is 4.79 Å². The zero-order valence-corrected chi connectivity index (χ0v) is 26.2. The molecule has 0 atom stereocenters. The molecule has 0 saturated carbocycles. The fourth-order valence-electron chi connectivity index (χ4n) is 6.07. The van der Waals surface area contributed by atoms with Crippen LogP contribution in [0.25, 0.3) is 16.9 Å². The number of nitriles is 1. The normalized spacial score (nSPS) is 15.5. The molecular weight excluding hydrogens is 611 g/mol. The highest BCUT2D eigenvalue weighted by Gasteiger charge is 2.27. The standard InChI is InChI=1S/C33H34ClFN8O3/c1-21-18-23(2-3-24(21)33(45)42-15-13-41(14-16-42)28(44)19-22-6-9-37-10-7-22)40-31-32-39-20-26(43(32)12-11-38-31)25-4-5-27(46-17-8-36)30(35)29(25)34/h2-5,11-12,18,20,22,37H,6-7,9-10,13-17,19H2,1H3,(H,38,40). The summed E-state index contributed by atoms with van der Waals surface area (Å²) in [5, 5.41) is 15.2. The first kappa shape index (κ1) is 31.3. The third-order valence-corrected chi connectivity index (χ3v) is 8.97. The van der Waals surface area contributed by atoms with Crippen LogP contribution in [0.3, 0.4) is 0 Å². The average molecular weight is 645 g/mol. The Labute approximate surface area is 270 Å². The second kappa shape index (κ2) is 13.7. The van der Waals surface area contributed by atoms with Crippen LogP contribution in [0.4, 0.5) is 15.9 Å². The Bertz CT molecular complexity index is 1810. The highest BCUT2D eigenvalue weighted by atomic mass is 35.5. The number of amides is 2. The van der Waals surface area contributed by atoms with Crippen molar-refractivity contribution in [1.29, 1.82) is 5.26 Å². The Balaban J connectivity index is 1.12. The Hall–Kier alpha value is -4.73. The van der Waals surface area contributed by atoms with Gasteiger partial charge in [0, 0.05) is 61.8 Å². The predicted octanol–water partition coefficient (Wildman–Crippen LogP) is 4.82. The summed E-state index contributed by atoms with van der Waals surface area (Å²) in [5.74, 6) is 0.173. The fourth-order valence-corrected chi connectivity index (χ4v) is 6.32. The first-order valence-electron chi connectivity index (χ1n) is 15.3. The molecule has 4 heterocycles. The minimum atomic E-state index is -0.759. The molecule has 238 valence electrons. The maximum Gasteiger partial charge on any atom is 0.254 e. The number of carbonyl (C=O) groups excluding carboxylic acids is 2. The van der Waals surface area contributed by atoms with Crippen LogP contribution in [0.15, 0.2) is 48.9 Å². The zero-order valence-electron chi connectivity index (χ0n) is 25.4. The quantitative estimate of drug-likeness (QED) is 0.280. The van der Waals surface area contributed by atoms with E-state index in [0.717, 1.165) is 37.2 Å². The van der Waals surface area contributed by atoms with Crippen molar-refractivity contribution in [1.82, 2.24) is 29.5 Å². The molecule has 2 aromatic heterocycles. The molecule has 46 heavy (non-hydrogen) atoms.